The SMILES string of the molecule is C[C@H](N)c1cc(Br)ccc1OCc1cccc([N+](=O)[O-])c1. The summed E-state index contributed by atoms with van der Waals surface area (Å²) >= 11 is 3.40. The van der Waals surface area contributed by atoms with Crippen molar-refractivity contribution in [3.63, 3.8) is 0 Å². The van der Waals surface area contributed by atoms with Crippen LogP contribution < -0.4 is 10.5 Å². The van der Waals surface area contributed by atoms with Crippen LogP contribution in [-0.4, -0.2) is 4.92 Å². The zero-order valence-electron chi connectivity index (χ0n) is 11.5. The highest BCUT2D eigenvalue weighted by Crippen LogP contribution is 2.28. The van der Waals surface area contributed by atoms with Gasteiger partial charge in [0.15, 0.2) is 0 Å². The molecular formula is C15H15BrN2O3. The standard InChI is InChI=1S/C15H15BrN2O3/c1-10(17)14-8-12(16)5-6-15(14)21-9-11-3-2-4-13(7-11)18(19)20/h2-8,10H,9,17H2,1H3/t10-/m0/s1. The first-order valence-electron chi connectivity index (χ1n) is 6.38. The predicted molar refractivity (Wildman–Crippen MR) is 84.2 cm³/mol. The number of hydrogen-bond donors (Lipinski definition) is 1. The van der Waals surface area contributed by atoms with Gasteiger partial charge in [0.2, 0.25) is 0 Å². The normalized spacial score (nSPS) is 12.0. The van der Waals surface area contributed by atoms with E-state index in [2.05, 4.69) is 15.9 Å². The molecule has 0 bridgehead atoms. The molecule has 5 nitrogen and oxygen atoms in total. The molecule has 110 valence electrons. The molecule has 2 rings (SSSR count). The van der Waals surface area contributed by atoms with E-state index >= 15 is 0 Å². The lowest BCUT2D eigenvalue weighted by Crippen LogP contribution is -2.08. The topological polar surface area (TPSA) is 78.4 Å². The highest BCUT2D eigenvalue weighted by atomic mass is 79.9. The molecule has 0 saturated carbocycles. The fourth-order valence-electron chi connectivity index (χ4n) is 1.93. The Morgan fingerprint density at radius 2 is 2.10 bits per heavy atom. The molecule has 0 fully saturated rings. The molecule has 0 heterocycles. The Bertz CT molecular complexity index is 659. The van der Waals surface area contributed by atoms with Crippen LogP contribution in [0.3, 0.4) is 0 Å². The van der Waals surface area contributed by atoms with Gasteiger partial charge in [-0.05, 0) is 30.7 Å². The van der Waals surface area contributed by atoms with Crippen LogP contribution in [0, 0.1) is 10.1 Å². The minimum Gasteiger partial charge on any atom is -0.489 e. The van der Waals surface area contributed by atoms with E-state index < -0.39 is 4.92 Å². The number of nitrogens with zero attached hydrogens (tertiary/aromatic N) is 1. The summed E-state index contributed by atoms with van der Waals surface area (Å²) in [6, 6.07) is 11.8. The zero-order chi connectivity index (χ0) is 15.4. The number of nitro groups is 1. The van der Waals surface area contributed by atoms with Crippen LogP contribution in [0.4, 0.5) is 5.69 Å². The summed E-state index contributed by atoms with van der Waals surface area (Å²) in [5.74, 6) is 0.680. The van der Waals surface area contributed by atoms with E-state index in [1.807, 2.05) is 25.1 Å². The summed E-state index contributed by atoms with van der Waals surface area (Å²) in [6.07, 6.45) is 0. The van der Waals surface area contributed by atoms with Gasteiger partial charge in [0.05, 0.1) is 4.92 Å². The minimum absolute atomic E-state index is 0.0549. The Kier molecular flexibility index (Phi) is 4.93. The quantitative estimate of drug-likeness (QED) is 0.653. The Morgan fingerprint density at radius 1 is 1.33 bits per heavy atom. The minimum atomic E-state index is -0.420. The van der Waals surface area contributed by atoms with Gasteiger partial charge in [-0.3, -0.25) is 10.1 Å². The molecule has 0 aliphatic rings. The van der Waals surface area contributed by atoms with Crippen molar-refractivity contribution >= 4 is 21.6 Å². The first-order valence-corrected chi connectivity index (χ1v) is 7.18. The summed E-state index contributed by atoms with van der Waals surface area (Å²) < 4.78 is 6.68. The lowest BCUT2D eigenvalue weighted by molar-refractivity contribution is -0.384. The van der Waals surface area contributed by atoms with Crippen molar-refractivity contribution < 1.29 is 9.66 Å². The summed E-state index contributed by atoms with van der Waals surface area (Å²) in [5, 5.41) is 10.8. The largest absolute Gasteiger partial charge is 0.489 e. The Hall–Kier alpha value is -1.92. The molecule has 0 aliphatic heterocycles. The van der Waals surface area contributed by atoms with Crippen molar-refractivity contribution in [1.29, 1.82) is 0 Å². The van der Waals surface area contributed by atoms with Crippen LogP contribution in [-0.2, 0) is 6.61 Å². The van der Waals surface area contributed by atoms with E-state index in [1.54, 1.807) is 12.1 Å². The lowest BCUT2D eigenvalue weighted by Gasteiger charge is -2.14. The third-order valence-corrected chi connectivity index (χ3v) is 3.47. The second kappa shape index (κ2) is 6.69. The molecular weight excluding hydrogens is 336 g/mol. The lowest BCUT2D eigenvalue weighted by atomic mass is 10.1. The van der Waals surface area contributed by atoms with E-state index in [4.69, 9.17) is 10.5 Å². The molecule has 1 atom stereocenters. The number of halogens is 1. The third kappa shape index (κ3) is 4.03. The fraction of sp³-hybridized carbons (Fsp3) is 0.200. The molecule has 21 heavy (non-hydrogen) atoms. The molecule has 0 aliphatic carbocycles. The van der Waals surface area contributed by atoms with Crippen LogP contribution in [0.5, 0.6) is 5.75 Å². The van der Waals surface area contributed by atoms with Crippen molar-refractivity contribution in [2.24, 2.45) is 5.73 Å². The molecule has 2 N–H and O–H groups in total. The summed E-state index contributed by atoms with van der Waals surface area (Å²) in [5.41, 5.74) is 7.60. The summed E-state index contributed by atoms with van der Waals surface area (Å²) in [7, 11) is 0. The smallest absolute Gasteiger partial charge is 0.269 e. The van der Waals surface area contributed by atoms with Gasteiger partial charge in [0, 0.05) is 28.2 Å². The zero-order valence-corrected chi connectivity index (χ0v) is 13.0. The first-order chi connectivity index (χ1) is 9.97. The number of nitrogens with two attached hydrogens (primary N) is 1. The molecule has 6 heteroatoms. The highest BCUT2D eigenvalue weighted by molar-refractivity contribution is 9.10. The number of nitro benzene ring substituents is 1. The van der Waals surface area contributed by atoms with Gasteiger partial charge in [-0.25, -0.2) is 0 Å². The van der Waals surface area contributed by atoms with Gasteiger partial charge < -0.3 is 10.5 Å². The Morgan fingerprint density at radius 3 is 2.76 bits per heavy atom. The number of benzene rings is 2. The van der Waals surface area contributed by atoms with Crippen molar-refractivity contribution in [3.05, 3.63) is 68.2 Å². The summed E-state index contributed by atoms with van der Waals surface area (Å²) in [4.78, 5) is 10.3. The average Bonchev–Trinajstić information content (AvgIpc) is 2.46. The van der Waals surface area contributed by atoms with E-state index in [0.29, 0.717) is 5.75 Å². The van der Waals surface area contributed by atoms with Crippen molar-refractivity contribution in [1.82, 2.24) is 0 Å². The van der Waals surface area contributed by atoms with Crippen molar-refractivity contribution in [2.75, 3.05) is 0 Å². The van der Waals surface area contributed by atoms with Crippen LogP contribution in [0.2, 0.25) is 0 Å². The molecule has 0 spiro atoms. The number of non-ortho nitro benzene ring substituents is 1. The van der Waals surface area contributed by atoms with Gasteiger partial charge in [-0.1, -0.05) is 28.1 Å². The maximum atomic E-state index is 10.8. The molecule has 2 aromatic rings. The van der Waals surface area contributed by atoms with Gasteiger partial charge >= 0.3 is 0 Å². The van der Waals surface area contributed by atoms with Gasteiger partial charge in [0.25, 0.3) is 5.69 Å². The van der Waals surface area contributed by atoms with Crippen LogP contribution in [0.15, 0.2) is 46.9 Å². The van der Waals surface area contributed by atoms with Crippen LogP contribution in [0.25, 0.3) is 0 Å². The number of ether oxygens (including phenoxy) is 1. The van der Waals surface area contributed by atoms with E-state index in [9.17, 15) is 10.1 Å². The average molecular weight is 351 g/mol. The molecule has 2 aromatic carbocycles. The van der Waals surface area contributed by atoms with E-state index in [-0.39, 0.29) is 18.3 Å². The molecule has 0 saturated heterocycles. The van der Waals surface area contributed by atoms with Crippen molar-refractivity contribution in [2.45, 2.75) is 19.6 Å². The maximum Gasteiger partial charge on any atom is 0.269 e. The predicted octanol–water partition coefficient (Wildman–Crippen LogP) is 3.96. The third-order valence-electron chi connectivity index (χ3n) is 2.98. The number of rotatable bonds is 5. The van der Waals surface area contributed by atoms with Crippen LogP contribution in [0.1, 0.15) is 24.1 Å². The highest BCUT2D eigenvalue weighted by Gasteiger charge is 2.10. The molecule has 0 radical (unpaired) electrons. The molecule has 0 unspecified atom stereocenters. The van der Waals surface area contributed by atoms with Crippen molar-refractivity contribution in [3.8, 4) is 5.75 Å². The summed E-state index contributed by atoms with van der Waals surface area (Å²) in [6.45, 7) is 2.13. The van der Waals surface area contributed by atoms with Gasteiger partial charge in [0.1, 0.15) is 12.4 Å². The number of hydrogen-bond acceptors (Lipinski definition) is 4. The fourth-order valence-corrected chi connectivity index (χ4v) is 2.31. The molecule has 0 amide bonds. The van der Waals surface area contributed by atoms with Gasteiger partial charge in [-0.2, -0.15) is 0 Å². The van der Waals surface area contributed by atoms with E-state index in [1.165, 1.54) is 12.1 Å². The molecule has 0 aromatic heterocycles. The Labute approximate surface area is 131 Å². The monoisotopic (exact) mass is 350 g/mol. The second-order valence-corrected chi connectivity index (χ2v) is 5.60. The second-order valence-electron chi connectivity index (χ2n) is 4.69. The Balaban J connectivity index is 2.16. The van der Waals surface area contributed by atoms with Crippen LogP contribution >= 0.6 is 15.9 Å². The maximum absolute atomic E-state index is 10.8. The van der Waals surface area contributed by atoms with Gasteiger partial charge in [-0.15, -0.1) is 0 Å². The first kappa shape index (κ1) is 15.5. The van der Waals surface area contributed by atoms with E-state index in [0.717, 1.165) is 15.6 Å².